The monoisotopic (exact) mass is 235 g/mol. The second-order valence-electron chi connectivity index (χ2n) is 3.19. The van der Waals surface area contributed by atoms with Gasteiger partial charge in [0.15, 0.2) is 5.82 Å². The van der Waals surface area contributed by atoms with E-state index in [0.29, 0.717) is 5.82 Å². The Balaban J connectivity index is 2.60. The van der Waals surface area contributed by atoms with Gasteiger partial charge in [0.1, 0.15) is 11.4 Å². The summed E-state index contributed by atoms with van der Waals surface area (Å²) in [6.45, 7) is 1.57. The van der Waals surface area contributed by atoms with Gasteiger partial charge in [0.05, 0.1) is 4.92 Å². The first-order valence-corrected chi connectivity index (χ1v) is 4.56. The van der Waals surface area contributed by atoms with E-state index in [1.54, 1.807) is 6.92 Å². The summed E-state index contributed by atoms with van der Waals surface area (Å²) in [4.78, 5) is 10.1. The Kier molecular flexibility index (Phi) is 2.69. The van der Waals surface area contributed by atoms with Crippen LogP contribution in [0.25, 0.3) is 11.4 Å². The molecule has 0 amide bonds. The number of halogens is 1. The van der Waals surface area contributed by atoms with Crippen LogP contribution in [0, 0.1) is 22.9 Å². The lowest BCUT2D eigenvalue weighted by atomic mass is 10.1. The number of rotatable bonds is 2. The fraction of sp³-hybridized carbons (Fsp3) is 0.111. The topological polar surface area (TPSA) is 94.7 Å². The highest BCUT2D eigenvalue weighted by atomic mass is 19.1. The lowest BCUT2D eigenvalue weighted by Crippen LogP contribution is -2.01. The summed E-state index contributed by atoms with van der Waals surface area (Å²) in [5.41, 5.74) is -0.339. The standard InChI is InChI=1S/C9H6FN5O2/c1-5-11-13-9(14-12-5)7-4-6(10)2-3-8(7)15(16)17/h2-4H,1H3. The smallest absolute Gasteiger partial charge is 0.258 e. The molecule has 0 radical (unpaired) electrons. The Bertz CT molecular complexity index is 572. The lowest BCUT2D eigenvalue weighted by molar-refractivity contribution is -0.384. The van der Waals surface area contributed by atoms with E-state index in [0.717, 1.165) is 18.2 Å². The lowest BCUT2D eigenvalue weighted by Gasteiger charge is -2.00. The zero-order valence-corrected chi connectivity index (χ0v) is 8.66. The first kappa shape index (κ1) is 11.0. The third kappa shape index (κ3) is 2.19. The SMILES string of the molecule is Cc1nnc(-c2cc(F)ccc2[N+](=O)[O-])nn1. The molecule has 0 unspecified atom stereocenters. The van der Waals surface area contributed by atoms with Gasteiger partial charge in [0.25, 0.3) is 5.69 Å². The van der Waals surface area contributed by atoms with E-state index in [9.17, 15) is 14.5 Å². The molecule has 0 fully saturated rings. The summed E-state index contributed by atoms with van der Waals surface area (Å²) in [6, 6.07) is 3.02. The highest BCUT2D eigenvalue weighted by Gasteiger charge is 2.19. The van der Waals surface area contributed by atoms with Gasteiger partial charge in [-0.3, -0.25) is 10.1 Å². The normalized spacial score (nSPS) is 10.2. The number of nitro groups is 1. The van der Waals surface area contributed by atoms with Crippen molar-refractivity contribution in [2.24, 2.45) is 0 Å². The average Bonchev–Trinajstić information content (AvgIpc) is 2.29. The van der Waals surface area contributed by atoms with Crippen molar-refractivity contribution in [3.8, 4) is 11.4 Å². The molecule has 0 bridgehead atoms. The fourth-order valence-corrected chi connectivity index (χ4v) is 1.23. The van der Waals surface area contributed by atoms with E-state index in [1.807, 2.05) is 0 Å². The predicted molar refractivity (Wildman–Crippen MR) is 54.4 cm³/mol. The number of aryl methyl sites for hydroxylation is 1. The molecule has 0 spiro atoms. The molecule has 86 valence electrons. The molecule has 1 heterocycles. The first-order valence-electron chi connectivity index (χ1n) is 4.56. The van der Waals surface area contributed by atoms with E-state index in [-0.39, 0.29) is 17.1 Å². The van der Waals surface area contributed by atoms with Crippen LogP contribution in [0.4, 0.5) is 10.1 Å². The van der Waals surface area contributed by atoms with Gasteiger partial charge >= 0.3 is 0 Å². The van der Waals surface area contributed by atoms with Crippen LogP contribution < -0.4 is 0 Å². The number of nitrogens with zero attached hydrogens (tertiary/aromatic N) is 5. The number of benzene rings is 1. The number of hydrogen-bond donors (Lipinski definition) is 0. The van der Waals surface area contributed by atoms with Gasteiger partial charge in [-0.15, -0.1) is 20.4 Å². The average molecular weight is 235 g/mol. The molecule has 7 nitrogen and oxygen atoms in total. The number of hydrogen-bond acceptors (Lipinski definition) is 6. The zero-order valence-electron chi connectivity index (χ0n) is 8.66. The van der Waals surface area contributed by atoms with Crippen LogP contribution in [0.15, 0.2) is 18.2 Å². The van der Waals surface area contributed by atoms with Crippen LogP contribution in [-0.4, -0.2) is 25.3 Å². The largest absolute Gasteiger partial charge is 0.280 e. The van der Waals surface area contributed by atoms with E-state index < -0.39 is 10.7 Å². The molecule has 17 heavy (non-hydrogen) atoms. The van der Waals surface area contributed by atoms with Crippen molar-refractivity contribution in [2.75, 3.05) is 0 Å². The summed E-state index contributed by atoms with van der Waals surface area (Å²) in [6.07, 6.45) is 0. The summed E-state index contributed by atoms with van der Waals surface area (Å²) in [5.74, 6) is -0.371. The molecule has 0 atom stereocenters. The molecule has 1 aromatic carbocycles. The van der Waals surface area contributed by atoms with Gasteiger partial charge in [0, 0.05) is 6.07 Å². The van der Waals surface area contributed by atoms with Gasteiger partial charge in [-0.25, -0.2) is 4.39 Å². The van der Waals surface area contributed by atoms with Crippen LogP contribution in [0.1, 0.15) is 5.82 Å². The second kappa shape index (κ2) is 4.16. The molecule has 0 N–H and O–H groups in total. The summed E-state index contributed by atoms with van der Waals surface area (Å²) in [5, 5.41) is 25.3. The van der Waals surface area contributed by atoms with Crippen LogP contribution >= 0.6 is 0 Å². The molecule has 0 saturated heterocycles. The van der Waals surface area contributed by atoms with E-state index in [2.05, 4.69) is 20.4 Å². The molecule has 2 rings (SSSR count). The highest BCUT2D eigenvalue weighted by molar-refractivity contribution is 5.67. The Morgan fingerprint density at radius 2 is 1.88 bits per heavy atom. The van der Waals surface area contributed by atoms with Gasteiger partial charge in [-0.1, -0.05) is 0 Å². The molecule has 8 heteroatoms. The highest BCUT2D eigenvalue weighted by Crippen LogP contribution is 2.26. The van der Waals surface area contributed by atoms with Crippen molar-refractivity contribution < 1.29 is 9.31 Å². The maximum atomic E-state index is 13.1. The van der Waals surface area contributed by atoms with Crippen molar-refractivity contribution in [1.82, 2.24) is 20.4 Å². The van der Waals surface area contributed by atoms with Gasteiger partial charge in [0.2, 0.25) is 5.82 Å². The molecule has 1 aromatic heterocycles. The maximum Gasteiger partial charge on any atom is 0.280 e. The Hall–Kier alpha value is -2.51. The minimum Gasteiger partial charge on any atom is -0.258 e. The molecule has 0 aliphatic carbocycles. The van der Waals surface area contributed by atoms with Crippen molar-refractivity contribution in [2.45, 2.75) is 6.92 Å². The first-order chi connectivity index (χ1) is 8.08. The van der Waals surface area contributed by atoms with Crippen molar-refractivity contribution in [3.05, 3.63) is 40.0 Å². The van der Waals surface area contributed by atoms with Crippen molar-refractivity contribution in [1.29, 1.82) is 0 Å². The molecular weight excluding hydrogens is 229 g/mol. The summed E-state index contributed by atoms with van der Waals surface area (Å²) in [7, 11) is 0. The predicted octanol–water partition coefficient (Wildman–Crippen LogP) is 1.29. The quantitative estimate of drug-likeness (QED) is 0.574. The third-order valence-corrected chi connectivity index (χ3v) is 1.98. The summed E-state index contributed by atoms with van der Waals surface area (Å²) >= 11 is 0. The van der Waals surface area contributed by atoms with Crippen LogP contribution in [0.2, 0.25) is 0 Å². The Morgan fingerprint density at radius 3 is 2.47 bits per heavy atom. The number of nitro benzene ring substituents is 1. The molecular formula is C9H6FN5O2. The van der Waals surface area contributed by atoms with Gasteiger partial charge < -0.3 is 0 Å². The Morgan fingerprint density at radius 1 is 1.24 bits per heavy atom. The van der Waals surface area contributed by atoms with Crippen molar-refractivity contribution in [3.63, 3.8) is 0 Å². The third-order valence-electron chi connectivity index (χ3n) is 1.98. The minimum atomic E-state index is -0.641. The van der Waals surface area contributed by atoms with E-state index >= 15 is 0 Å². The fourth-order valence-electron chi connectivity index (χ4n) is 1.23. The van der Waals surface area contributed by atoms with Crippen LogP contribution in [0.5, 0.6) is 0 Å². The number of aromatic nitrogens is 4. The van der Waals surface area contributed by atoms with Crippen LogP contribution in [-0.2, 0) is 0 Å². The Labute approximate surface area is 94.5 Å². The molecule has 0 saturated carbocycles. The molecule has 0 aliphatic rings. The molecule has 2 aromatic rings. The summed E-state index contributed by atoms with van der Waals surface area (Å²) < 4.78 is 13.1. The maximum absolute atomic E-state index is 13.1. The zero-order chi connectivity index (χ0) is 12.4. The minimum absolute atomic E-state index is 0.0463. The van der Waals surface area contributed by atoms with E-state index in [4.69, 9.17) is 0 Å². The second-order valence-corrected chi connectivity index (χ2v) is 3.19. The van der Waals surface area contributed by atoms with Gasteiger partial charge in [-0.05, 0) is 19.1 Å². The van der Waals surface area contributed by atoms with Gasteiger partial charge in [-0.2, -0.15) is 0 Å². The van der Waals surface area contributed by atoms with Crippen molar-refractivity contribution >= 4 is 5.69 Å². The van der Waals surface area contributed by atoms with Crippen LogP contribution in [0.3, 0.4) is 0 Å². The molecule has 0 aliphatic heterocycles. The van der Waals surface area contributed by atoms with E-state index in [1.165, 1.54) is 0 Å².